The second-order valence-corrected chi connectivity index (χ2v) is 7.10. The van der Waals surface area contributed by atoms with E-state index in [0.29, 0.717) is 6.54 Å². The van der Waals surface area contributed by atoms with E-state index in [4.69, 9.17) is 9.47 Å². The molecule has 0 saturated carbocycles. The fourth-order valence-electron chi connectivity index (χ4n) is 3.35. The molecular formula is C20H28N2O2. The predicted molar refractivity (Wildman–Crippen MR) is 94.8 cm³/mol. The fourth-order valence-corrected chi connectivity index (χ4v) is 3.35. The molecule has 0 unspecified atom stereocenters. The van der Waals surface area contributed by atoms with Gasteiger partial charge in [0.1, 0.15) is 0 Å². The van der Waals surface area contributed by atoms with Gasteiger partial charge in [-0.1, -0.05) is 43.7 Å². The minimum absolute atomic E-state index is 0.144. The quantitative estimate of drug-likeness (QED) is 0.804. The summed E-state index contributed by atoms with van der Waals surface area (Å²) in [6.07, 6.45) is 8.49. The highest BCUT2D eigenvalue weighted by atomic mass is 16.7. The van der Waals surface area contributed by atoms with E-state index in [0.717, 1.165) is 32.5 Å². The minimum atomic E-state index is -0.623. The molecular weight excluding hydrogens is 300 g/mol. The molecule has 4 heteroatoms. The summed E-state index contributed by atoms with van der Waals surface area (Å²) in [6, 6.07) is 8.58. The van der Waals surface area contributed by atoms with Crippen molar-refractivity contribution in [3.8, 4) is 0 Å². The molecule has 2 heterocycles. The number of aromatic nitrogens is 2. The Morgan fingerprint density at radius 3 is 2.50 bits per heavy atom. The molecule has 1 aliphatic heterocycles. The Labute approximate surface area is 144 Å². The van der Waals surface area contributed by atoms with Crippen LogP contribution in [0.2, 0.25) is 0 Å². The second-order valence-electron chi connectivity index (χ2n) is 7.10. The average molecular weight is 328 g/mol. The first-order valence-electron chi connectivity index (χ1n) is 8.88. The minimum Gasteiger partial charge on any atom is -0.347 e. The molecule has 0 N–H and O–H groups in total. The van der Waals surface area contributed by atoms with Gasteiger partial charge in [-0.25, -0.2) is 4.98 Å². The van der Waals surface area contributed by atoms with Gasteiger partial charge < -0.3 is 14.0 Å². The Bertz CT molecular complexity index is 637. The van der Waals surface area contributed by atoms with Gasteiger partial charge in [0.15, 0.2) is 5.79 Å². The molecule has 130 valence electrons. The predicted octanol–water partition coefficient (Wildman–Crippen LogP) is 3.98. The largest absolute Gasteiger partial charge is 0.347 e. The standard InChI is InChI=1S/C20H28N2O2/c1-4-19(5-2)14-23-20(24-15-19,13-22-10-9-21-16-22)12-18-8-6-7-17(3)11-18/h6-11,16H,4-5,12-15H2,1-3H3. The van der Waals surface area contributed by atoms with Crippen LogP contribution in [0, 0.1) is 12.3 Å². The van der Waals surface area contributed by atoms with Crippen molar-refractivity contribution in [1.29, 1.82) is 0 Å². The van der Waals surface area contributed by atoms with Crippen LogP contribution in [0.1, 0.15) is 37.8 Å². The Balaban J connectivity index is 1.82. The molecule has 0 bridgehead atoms. The molecule has 0 spiro atoms. The molecule has 4 nitrogen and oxygen atoms in total. The second kappa shape index (κ2) is 7.08. The smallest absolute Gasteiger partial charge is 0.190 e. The van der Waals surface area contributed by atoms with Crippen molar-refractivity contribution < 1.29 is 9.47 Å². The molecule has 1 aromatic heterocycles. The van der Waals surface area contributed by atoms with Gasteiger partial charge in [-0.15, -0.1) is 0 Å². The lowest BCUT2D eigenvalue weighted by atomic mass is 9.83. The van der Waals surface area contributed by atoms with Crippen LogP contribution >= 0.6 is 0 Å². The number of imidazole rings is 1. The van der Waals surface area contributed by atoms with Gasteiger partial charge in [0.25, 0.3) is 0 Å². The maximum Gasteiger partial charge on any atom is 0.190 e. The summed E-state index contributed by atoms with van der Waals surface area (Å²) in [5, 5.41) is 0. The topological polar surface area (TPSA) is 36.3 Å². The lowest BCUT2D eigenvalue weighted by Gasteiger charge is -2.46. The summed E-state index contributed by atoms with van der Waals surface area (Å²) in [4.78, 5) is 4.15. The number of aryl methyl sites for hydroxylation is 1. The van der Waals surface area contributed by atoms with Crippen LogP contribution in [0.3, 0.4) is 0 Å². The zero-order valence-electron chi connectivity index (χ0n) is 15.0. The zero-order valence-corrected chi connectivity index (χ0v) is 15.0. The van der Waals surface area contributed by atoms with E-state index in [1.54, 1.807) is 6.20 Å². The van der Waals surface area contributed by atoms with Crippen LogP contribution in [-0.4, -0.2) is 28.6 Å². The molecule has 0 aliphatic carbocycles. The highest BCUT2D eigenvalue weighted by molar-refractivity contribution is 5.23. The van der Waals surface area contributed by atoms with Crippen molar-refractivity contribution in [1.82, 2.24) is 9.55 Å². The molecule has 1 saturated heterocycles. The molecule has 24 heavy (non-hydrogen) atoms. The first-order valence-corrected chi connectivity index (χ1v) is 8.88. The Hall–Kier alpha value is -1.65. The van der Waals surface area contributed by atoms with Crippen molar-refractivity contribution in [3.63, 3.8) is 0 Å². The van der Waals surface area contributed by atoms with Crippen LogP contribution in [-0.2, 0) is 22.4 Å². The highest BCUT2D eigenvalue weighted by Crippen LogP contribution is 2.37. The number of nitrogens with zero attached hydrogens (tertiary/aromatic N) is 2. The zero-order chi connectivity index (χ0) is 17.0. The summed E-state index contributed by atoms with van der Waals surface area (Å²) in [6.45, 7) is 8.72. The van der Waals surface area contributed by atoms with Crippen molar-refractivity contribution in [2.45, 2.75) is 52.4 Å². The molecule has 2 aromatic rings. The summed E-state index contributed by atoms with van der Waals surface area (Å²) in [7, 11) is 0. The Morgan fingerprint density at radius 2 is 1.92 bits per heavy atom. The Morgan fingerprint density at radius 1 is 1.17 bits per heavy atom. The van der Waals surface area contributed by atoms with Crippen LogP contribution in [0.15, 0.2) is 43.0 Å². The van der Waals surface area contributed by atoms with Gasteiger partial charge in [0.05, 0.1) is 26.1 Å². The van der Waals surface area contributed by atoms with E-state index >= 15 is 0 Å². The lowest BCUT2D eigenvalue weighted by molar-refractivity contribution is -0.310. The van der Waals surface area contributed by atoms with Crippen molar-refractivity contribution in [2.24, 2.45) is 5.41 Å². The maximum absolute atomic E-state index is 6.41. The first kappa shape index (κ1) is 17.2. The number of rotatable bonds is 6. The number of ether oxygens (including phenoxy) is 2. The first-order chi connectivity index (χ1) is 11.6. The van der Waals surface area contributed by atoms with Gasteiger partial charge in [-0.3, -0.25) is 0 Å². The fraction of sp³-hybridized carbons (Fsp3) is 0.550. The molecule has 0 amide bonds. The number of hydrogen-bond acceptors (Lipinski definition) is 3. The van der Waals surface area contributed by atoms with E-state index in [-0.39, 0.29) is 5.41 Å². The van der Waals surface area contributed by atoms with Crippen molar-refractivity contribution in [2.75, 3.05) is 13.2 Å². The molecule has 3 rings (SSSR count). The van der Waals surface area contributed by atoms with E-state index in [2.05, 4.69) is 50.0 Å². The van der Waals surface area contributed by atoms with Gasteiger partial charge in [0, 0.05) is 24.2 Å². The summed E-state index contributed by atoms with van der Waals surface area (Å²) in [5.74, 6) is -0.623. The van der Waals surface area contributed by atoms with Crippen LogP contribution < -0.4 is 0 Å². The summed E-state index contributed by atoms with van der Waals surface area (Å²) < 4.78 is 14.9. The van der Waals surface area contributed by atoms with Crippen LogP contribution in [0.4, 0.5) is 0 Å². The number of benzene rings is 1. The van der Waals surface area contributed by atoms with E-state index in [1.165, 1.54) is 11.1 Å². The lowest BCUT2D eigenvalue weighted by Crippen LogP contribution is -2.52. The normalized spacial score (nSPS) is 19.3. The van der Waals surface area contributed by atoms with E-state index < -0.39 is 5.79 Å². The van der Waals surface area contributed by atoms with Crippen LogP contribution in [0.25, 0.3) is 0 Å². The maximum atomic E-state index is 6.41. The summed E-state index contributed by atoms with van der Waals surface area (Å²) in [5.41, 5.74) is 2.65. The Kier molecular flexibility index (Phi) is 5.07. The van der Waals surface area contributed by atoms with Crippen LogP contribution in [0.5, 0.6) is 0 Å². The van der Waals surface area contributed by atoms with Gasteiger partial charge in [0.2, 0.25) is 0 Å². The molecule has 0 radical (unpaired) electrons. The number of hydrogen-bond donors (Lipinski definition) is 0. The van der Waals surface area contributed by atoms with Gasteiger partial charge in [-0.2, -0.15) is 0 Å². The third-order valence-corrected chi connectivity index (χ3v) is 5.32. The monoisotopic (exact) mass is 328 g/mol. The SMILES string of the molecule is CCC1(CC)COC(Cc2cccc(C)c2)(Cn2ccnc2)OC1. The third kappa shape index (κ3) is 3.70. The van der Waals surface area contributed by atoms with Crippen molar-refractivity contribution in [3.05, 3.63) is 54.1 Å². The summed E-state index contributed by atoms with van der Waals surface area (Å²) >= 11 is 0. The van der Waals surface area contributed by atoms with E-state index in [9.17, 15) is 0 Å². The highest BCUT2D eigenvalue weighted by Gasteiger charge is 2.43. The molecule has 1 fully saturated rings. The van der Waals surface area contributed by atoms with Gasteiger partial charge in [-0.05, 0) is 25.3 Å². The average Bonchev–Trinajstić information content (AvgIpc) is 3.09. The third-order valence-electron chi connectivity index (χ3n) is 5.32. The molecule has 1 aliphatic rings. The van der Waals surface area contributed by atoms with Crippen molar-refractivity contribution >= 4 is 0 Å². The van der Waals surface area contributed by atoms with Gasteiger partial charge >= 0.3 is 0 Å². The molecule has 0 atom stereocenters. The molecule has 1 aromatic carbocycles. The van der Waals surface area contributed by atoms with E-state index in [1.807, 2.05) is 17.1 Å².